The van der Waals surface area contributed by atoms with Crippen LogP contribution in [0.3, 0.4) is 0 Å². The molecule has 0 aliphatic carbocycles. The number of unbranched alkanes of at least 4 members (excludes halogenated alkanes) is 40. The van der Waals surface area contributed by atoms with Crippen LogP contribution in [0.5, 0.6) is 0 Å². The van der Waals surface area contributed by atoms with E-state index in [0.29, 0.717) is 19.3 Å². The van der Waals surface area contributed by atoms with Crippen molar-refractivity contribution < 1.29 is 28.6 Å². The quantitative estimate of drug-likeness (QED) is 0.0262. The monoisotopic (exact) mass is 943 g/mol. The van der Waals surface area contributed by atoms with Crippen LogP contribution in [0.4, 0.5) is 0 Å². The lowest BCUT2D eigenvalue weighted by Gasteiger charge is -2.18. The maximum atomic E-state index is 12.8. The van der Waals surface area contributed by atoms with Crippen molar-refractivity contribution in [3.8, 4) is 0 Å². The molecule has 0 spiro atoms. The Morgan fingerprint density at radius 1 is 0.299 bits per heavy atom. The molecule has 6 heteroatoms. The normalized spacial score (nSPS) is 12.1. The molecule has 1 atom stereocenters. The first-order chi connectivity index (χ1) is 33.0. The first-order valence-electron chi connectivity index (χ1n) is 29.8. The molecule has 0 N–H and O–H groups in total. The van der Waals surface area contributed by atoms with Gasteiger partial charge in [-0.15, -0.1) is 0 Å². The highest BCUT2D eigenvalue weighted by Crippen LogP contribution is 2.17. The molecule has 0 aromatic carbocycles. The fraction of sp³-hybridized carbons (Fsp3) is 0.885. The number of ether oxygens (including phenoxy) is 3. The minimum absolute atomic E-state index is 0.0702. The second-order valence-corrected chi connectivity index (χ2v) is 20.3. The average Bonchev–Trinajstić information content (AvgIpc) is 3.33. The summed E-state index contributed by atoms with van der Waals surface area (Å²) in [6.07, 6.45) is 66.5. The van der Waals surface area contributed by atoms with Gasteiger partial charge in [-0.3, -0.25) is 14.4 Å². The van der Waals surface area contributed by atoms with Gasteiger partial charge in [-0.05, 0) is 51.4 Å². The van der Waals surface area contributed by atoms with Crippen molar-refractivity contribution >= 4 is 17.9 Å². The number of hydrogen-bond acceptors (Lipinski definition) is 6. The van der Waals surface area contributed by atoms with E-state index in [4.69, 9.17) is 14.2 Å². The minimum atomic E-state index is -0.769. The van der Waals surface area contributed by atoms with Crippen molar-refractivity contribution in [1.29, 1.82) is 0 Å². The lowest BCUT2D eigenvalue weighted by Crippen LogP contribution is -2.30. The second-order valence-electron chi connectivity index (χ2n) is 20.3. The average molecular weight is 944 g/mol. The third-order valence-electron chi connectivity index (χ3n) is 13.5. The van der Waals surface area contributed by atoms with E-state index in [9.17, 15) is 14.4 Å². The number of rotatable bonds is 55. The summed E-state index contributed by atoms with van der Waals surface area (Å²) in [4.78, 5) is 37.9. The van der Waals surface area contributed by atoms with Crippen molar-refractivity contribution in [3.63, 3.8) is 0 Å². The van der Waals surface area contributed by atoms with Crippen LogP contribution in [-0.4, -0.2) is 37.2 Å². The molecule has 0 rings (SSSR count). The largest absolute Gasteiger partial charge is 0.462 e. The number of esters is 3. The third kappa shape index (κ3) is 54.7. The Hall–Kier alpha value is -2.11. The van der Waals surface area contributed by atoms with Crippen LogP contribution < -0.4 is 0 Å². The van der Waals surface area contributed by atoms with Crippen molar-refractivity contribution in [2.45, 2.75) is 335 Å². The molecule has 0 heterocycles. The Bertz CT molecular complexity index is 1080. The van der Waals surface area contributed by atoms with E-state index >= 15 is 0 Å². The summed E-state index contributed by atoms with van der Waals surface area (Å²) in [6.45, 7) is 6.60. The Morgan fingerprint density at radius 3 is 0.851 bits per heavy atom. The topological polar surface area (TPSA) is 78.9 Å². The zero-order valence-corrected chi connectivity index (χ0v) is 45.2. The number of hydrogen-bond donors (Lipinski definition) is 0. The fourth-order valence-electron chi connectivity index (χ4n) is 8.95. The van der Waals surface area contributed by atoms with E-state index in [-0.39, 0.29) is 31.1 Å². The van der Waals surface area contributed by atoms with Gasteiger partial charge in [0.25, 0.3) is 0 Å². The SMILES string of the molecule is CCCCC/C=C\C/C=C\CCCCCCCCCC(=O)OC(COC(=O)CCCCCCCC)COC(=O)CCCCCCCCCCCCCCCCCCCCCCCCCCCC. The zero-order valence-electron chi connectivity index (χ0n) is 45.2. The van der Waals surface area contributed by atoms with Crippen LogP contribution in [0, 0.1) is 0 Å². The first-order valence-corrected chi connectivity index (χ1v) is 29.8. The molecular formula is C61H114O6. The lowest BCUT2D eigenvalue weighted by atomic mass is 10.0. The van der Waals surface area contributed by atoms with Gasteiger partial charge in [-0.25, -0.2) is 0 Å². The van der Waals surface area contributed by atoms with Crippen molar-refractivity contribution in [3.05, 3.63) is 24.3 Å². The summed E-state index contributed by atoms with van der Waals surface area (Å²) in [7, 11) is 0. The fourth-order valence-corrected chi connectivity index (χ4v) is 8.95. The van der Waals surface area contributed by atoms with Crippen molar-refractivity contribution in [1.82, 2.24) is 0 Å². The molecule has 67 heavy (non-hydrogen) atoms. The summed E-state index contributed by atoms with van der Waals surface area (Å²) in [5, 5.41) is 0. The maximum Gasteiger partial charge on any atom is 0.306 e. The minimum Gasteiger partial charge on any atom is -0.462 e. The zero-order chi connectivity index (χ0) is 48.6. The smallest absolute Gasteiger partial charge is 0.306 e. The summed E-state index contributed by atoms with van der Waals surface area (Å²) in [6, 6.07) is 0. The molecule has 0 aliphatic rings. The van der Waals surface area contributed by atoms with E-state index in [0.717, 1.165) is 70.6 Å². The van der Waals surface area contributed by atoms with Crippen LogP contribution in [0.2, 0.25) is 0 Å². The number of carbonyl (C=O) groups excluding carboxylic acids is 3. The third-order valence-corrected chi connectivity index (χ3v) is 13.5. The van der Waals surface area contributed by atoms with Gasteiger partial charge in [0.2, 0.25) is 0 Å². The van der Waals surface area contributed by atoms with Gasteiger partial charge < -0.3 is 14.2 Å². The summed E-state index contributed by atoms with van der Waals surface area (Å²) in [5.41, 5.74) is 0. The van der Waals surface area contributed by atoms with E-state index in [1.54, 1.807) is 0 Å². The van der Waals surface area contributed by atoms with Crippen LogP contribution in [-0.2, 0) is 28.6 Å². The molecule has 1 unspecified atom stereocenters. The molecule has 0 radical (unpaired) electrons. The summed E-state index contributed by atoms with van der Waals surface area (Å²) >= 11 is 0. The first kappa shape index (κ1) is 64.9. The van der Waals surface area contributed by atoms with Gasteiger partial charge in [0, 0.05) is 19.3 Å². The van der Waals surface area contributed by atoms with Gasteiger partial charge in [-0.1, -0.05) is 283 Å². The standard InChI is InChI=1S/C61H114O6/c1-4-7-10-13-16-18-20-22-24-26-27-28-29-30-31-32-33-34-36-37-39-41-43-45-48-51-54-60(63)66-57-58(56-65-59(62)53-50-47-15-12-9-6-3)67-61(64)55-52-49-46-44-42-40-38-35-25-23-21-19-17-14-11-8-5-2/h17,19,23,25,58H,4-16,18,20-22,24,26-57H2,1-3H3/b19-17-,25-23-. The van der Waals surface area contributed by atoms with E-state index < -0.39 is 6.10 Å². The highest BCUT2D eigenvalue weighted by molar-refractivity contribution is 5.71. The molecule has 0 aliphatic heterocycles. The number of carbonyl (C=O) groups is 3. The Balaban J connectivity index is 4.03. The highest BCUT2D eigenvalue weighted by Gasteiger charge is 2.19. The molecule has 0 amide bonds. The summed E-state index contributed by atoms with van der Waals surface area (Å²) in [5.74, 6) is -0.869. The van der Waals surface area contributed by atoms with E-state index in [1.807, 2.05) is 0 Å². The second kappa shape index (κ2) is 56.5. The van der Waals surface area contributed by atoms with E-state index in [1.165, 1.54) is 218 Å². The highest BCUT2D eigenvalue weighted by atomic mass is 16.6. The van der Waals surface area contributed by atoms with Crippen molar-refractivity contribution in [2.24, 2.45) is 0 Å². The van der Waals surface area contributed by atoms with Gasteiger partial charge in [0.15, 0.2) is 6.10 Å². The van der Waals surface area contributed by atoms with Crippen LogP contribution in [0.1, 0.15) is 329 Å². The molecule has 394 valence electrons. The number of allylic oxidation sites excluding steroid dienone is 4. The van der Waals surface area contributed by atoms with Crippen LogP contribution >= 0.6 is 0 Å². The van der Waals surface area contributed by atoms with E-state index in [2.05, 4.69) is 45.1 Å². The molecule has 0 saturated carbocycles. The molecule has 0 aromatic rings. The lowest BCUT2D eigenvalue weighted by molar-refractivity contribution is -0.167. The Labute approximate surface area is 417 Å². The Morgan fingerprint density at radius 2 is 0.537 bits per heavy atom. The van der Waals surface area contributed by atoms with Crippen LogP contribution in [0.25, 0.3) is 0 Å². The predicted octanol–water partition coefficient (Wildman–Crippen LogP) is 19.9. The molecule has 0 bridgehead atoms. The van der Waals surface area contributed by atoms with Gasteiger partial charge in [0.1, 0.15) is 13.2 Å². The molecule has 0 fully saturated rings. The van der Waals surface area contributed by atoms with Gasteiger partial charge >= 0.3 is 17.9 Å². The molecule has 6 nitrogen and oxygen atoms in total. The predicted molar refractivity (Wildman–Crippen MR) is 289 cm³/mol. The Kier molecular flexibility index (Phi) is 54.7. The molecule has 0 saturated heterocycles. The molecular weight excluding hydrogens is 829 g/mol. The maximum absolute atomic E-state index is 12.8. The van der Waals surface area contributed by atoms with Gasteiger partial charge in [0.05, 0.1) is 0 Å². The summed E-state index contributed by atoms with van der Waals surface area (Å²) < 4.78 is 16.8. The van der Waals surface area contributed by atoms with Crippen molar-refractivity contribution in [2.75, 3.05) is 13.2 Å². The molecule has 0 aromatic heterocycles. The van der Waals surface area contributed by atoms with Crippen LogP contribution in [0.15, 0.2) is 24.3 Å². The van der Waals surface area contributed by atoms with Gasteiger partial charge in [-0.2, -0.15) is 0 Å².